The summed E-state index contributed by atoms with van der Waals surface area (Å²) in [5, 5.41) is 2.83. The van der Waals surface area contributed by atoms with Gasteiger partial charge in [0.05, 0.1) is 22.8 Å². The van der Waals surface area contributed by atoms with Gasteiger partial charge in [0, 0.05) is 12.7 Å². The number of aromatic nitrogens is 2. The Kier molecular flexibility index (Phi) is 6.38. The minimum atomic E-state index is -3.06. The Bertz CT molecular complexity index is 1300. The van der Waals surface area contributed by atoms with Crippen molar-refractivity contribution in [2.45, 2.75) is 33.3 Å². The largest absolute Gasteiger partial charge is 0.485 e. The zero-order valence-electron chi connectivity index (χ0n) is 18.4. The SMILES string of the molecule is Cc1cc(OCc2c(F)cccc2F)c2nc(C)c(C(=O)NCC3CCCS(=O)(=O)C3)n2c1. The van der Waals surface area contributed by atoms with E-state index in [1.54, 1.807) is 30.5 Å². The summed E-state index contributed by atoms with van der Waals surface area (Å²) in [7, 11) is -3.06. The molecule has 2 aromatic heterocycles. The molecule has 0 radical (unpaired) electrons. The number of nitrogens with zero attached hydrogens (tertiary/aromatic N) is 2. The second-order valence-electron chi connectivity index (χ2n) is 8.44. The van der Waals surface area contributed by atoms with Crippen LogP contribution in [0.4, 0.5) is 8.78 Å². The second-order valence-corrected chi connectivity index (χ2v) is 10.7. The van der Waals surface area contributed by atoms with Gasteiger partial charge in [-0.05, 0) is 56.4 Å². The molecule has 1 fully saturated rings. The number of ether oxygens (including phenoxy) is 1. The van der Waals surface area contributed by atoms with Gasteiger partial charge in [0.2, 0.25) is 0 Å². The van der Waals surface area contributed by atoms with Gasteiger partial charge in [-0.2, -0.15) is 0 Å². The van der Waals surface area contributed by atoms with Crippen LogP contribution in [0.1, 0.15) is 40.2 Å². The molecule has 176 valence electrons. The fraction of sp³-hybridized carbons (Fsp3) is 0.391. The molecule has 0 saturated carbocycles. The molecule has 3 aromatic rings. The fourth-order valence-electron chi connectivity index (χ4n) is 4.16. The van der Waals surface area contributed by atoms with Crippen molar-refractivity contribution in [3.63, 3.8) is 0 Å². The number of fused-ring (bicyclic) bond motifs is 1. The van der Waals surface area contributed by atoms with Crippen molar-refractivity contribution in [1.29, 1.82) is 0 Å². The first-order valence-electron chi connectivity index (χ1n) is 10.7. The number of rotatable bonds is 6. The van der Waals surface area contributed by atoms with E-state index < -0.39 is 21.5 Å². The number of benzene rings is 1. The lowest BCUT2D eigenvalue weighted by atomic mass is 10.1. The molecule has 1 unspecified atom stereocenters. The summed E-state index contributed by atoms with van der Waals surface area (Å²) in [4.78, 5) is 17.4. The van der Waals surface area contributed by atoms with Crippen molar-refractivity contribution in [3.8, 4) is 5.75 Å². The summed E-state index contributed by atoms with van der Waals surface area (Å²) in [5.41, 5.74) is 1.67. The molecule has 0 bridgehead atoms. The van der Waals surface area contributed by atoms with Gasteiger partial charge in [-0.1, -0.05) is 6.07 Å². The first kappa shape index (κ1) is 23.2. The van der Waals surface area contributed by atoms with Crippen molar-refractivity contribution in [2.24, 2.45) is 5.92 Å². The number of sulfone groups is 1. The normalized spacial score (nSPS) is 17.8. The molecule has 10 heteroatoms. The Labute approximate surface area is 190 Å². The Morgan fingerprint density at radius 3 is 2.70 bits per heavy atom. The molecule has 7 nitrogen and oxygen atoms in total. The van der Waals surface area contributed by atoms with Crippen molar-refractivity contribution in [2.75, 3.05) is 18.1 Å². The zero-order valence-corrected chi connectivity index (χ0v) is 19.2. The lowest BCUT2D eigenvalue weighted by molar-refractivity contribution is 0.0940. The van der Waals surface area contributed by atoms with Gasteiger partial charge in [0.1, 0.15) is 23.9 Å². The molecular formula is C23H25F2N3O4S. The van der Waals surface area contributed by atoms with Crippen LogP contribution in [0.15, 0.2) is 30.5 Å². The summed E-state index contributed by atoms with van der Waals surface area (Å²) < 4.78 is 59.0. The van der Waals surface area contributed by atoms with Crippen LogP contribution >= 0.6 is 0 Å². The minimum absolute atomic E-state index is 0.0725. The molecule has 0 aliphatic carbocycles. The van der Waals surface area contributed by atoms with E-state index in [1.165, 1.54) is 6.07 Å². The first-order valence-corrected chi connectivity index (χ1v) is 12.5. The number of halogens is 2. The van der Waals surface area contributed by atoms with Crippen LogP contribution in [-0.2, 0) is 16.4 Å². The Morgan fingerprint density at radius 1 is 1.27 bits per heavy atom. The molecule has 3 heterocycles. The van der Waals surface area contributed by atoms with Crippen LogP contribution in [0, 0.1) is 31.4 Å². The second kappa shape index (κ2) is 9.09. The van der Waals surface area contributed by atoms with E-state index >= 15 is 0 Å². The zero-order chi connectivity index (χ0) is 23.8. The maximum absolute atomic E-state index is 14.0. The van der Waals surface area contributed by atoms with E-state index in [0.717, 1.165) is 24.1 Å². The highest BCUT2D eigenvalue weighted by Gasteiger charge is 2.26. The number of carbonyl (C=O) groups is 1. The van der Waals surface area contributed by atoms with Crippen LogP contribution in [0.5, 0.6) is 5.75 Å². The summed E-state index contributed by atoms with van der Waals surface area (Å²) in [6.07, 6.45) is 3.07. The third-order valence-electron chi connectivity index (χ3n) is 5.75. The number of amides is 1. The predicted molar refractivity (Wildman–Crippen MR) is 119 cm³/mol. The molecule has 0 spiro atoms. The molecular weight excluding hydrogens is 452 g/mol. The molecule has 1 amide bonds. The number of imidazole rings is 1. The maximum atomic E-state index is 14.0. The van der Waals surface area contributed by atoms with Crippen molar-refractivity contribution < 1.29 is 26.7 Å². The third kappa shape index (κ3) is 5.00. The van der Waals surface area contributed by atoms with E-state index in [4.69, 9.17) is 4.74 Å². The standard InChI is InChI=1S/C23H25F2N3O4S/c1-14-9-20(32-12-17-18(24)6-3-7-19(17)25)22-27-15(2)21(28(22)11-14)23(29)26-10-16-5-4-8-33(30,31)13-16/h3,6-7,9,11,16H,4-5,8,10,12-13H2,1-2H3,(H,26,29). The highest BCUT2D eigenvalue weighted by molar-refractivity contribution is 7.91. The van der Waals surface area contributed by atoms with Crippen LogP contribution in [0.2, 0.25) is 0 Å². The molecule has 1 N–H and O–H groups in total. The summed E-state index contributed by atoms with van der Waals surface area (Å²) in [6.45, 7) is 3.41. The van der Waals surface area contributed by atoms with E-state index in [0.29, 0.717) is 23.5 Å². The molecule has 1 atom stereocenters. The number of nitrogens with one attached hydrogen (secondary N) is 1. The van der Waals surface area contributed by atoms with E-state index in [9.17, 15) is 22.0 Å². The van der Waals surface area contributed by atoms with Gasteiger partial charge >= 0.3 is 0 Å². The molecule has 1 aliphatic rings. The summed E-state index contributed by atoms with van der Waals surface area (Å²) in [6, 6.07) is 5.29. The average molecular weight is 478 g/mol. The van der Waals surface area contributed by atoms with Crippen molar-refractivity contribution in [3.05, 3.63) is 64.6 Å². The summed E-state index contributed by atoms with van der Waals surface area (Å²) >= 11 is 0. The van der Waals surface area contributed by atoms with Gasteiger partial charge in [-0.3, -0.25) is 9.20 Å². The highest BCUT2D eigenvalue weighted by Crippen LogP contribution is 2.26. The molecule has 1 aromatic carbocycles. The summed E-state index contributed by atoms with van der Waals surface area (Å²) in [5.74, 6) is -1.35. The van der Waals surface area contributed by atoms with Crippen LogP contribution < -0.4 is 10.1 Å². The first-order chi connectivity index (χ1) is 15.6. The van der Waals surface area contributed by atoms with E-state index in [2.05, 4.69) is 10.3 Å². The third-order valence-corrected chi connectivity index (χ3v) is 7.64. The quantitative estimate of drug-likeness (QED) is 0.588. The lowest BCUT2D eigenvalue weighted by Gasteiger charge is -2.22. The van der Waals surface area contributed by atoms with Gasteiger partial charge in [0.25, 0.3) is 5.91 Å². The number of hydrogen-bond donors (Lipinski definition) is 1. The molecule has 33 heavy (non-hydrogen) atoms. The Morgan fingerprint density at radius 2 is 2.00 bits per heavy atom. The van der Waals surface area contributed by atoms with E-state index in [-0.39, 0.29) is 47.8 Å². The number of pyridine rings is 1. The topological polar surface area (TPSA) is 89.8 Å². The molecule has 4 rings (SSSR count). The fourth-order valence-corrected chi connectivity index (χ4v) is 5.93. The van der Waals surface area contributed by atoms with Gasteiger partial charge in [-0.15, -0.1) is 0 Å². The van der Waals surface area contributed by atoms with Crippen LogP contribution in [0.3, 0.4) is 0 Å². The van der Waals surface area contributed by atoms with Gasteiger partial charge in [0.15, 0.2) is 21.2 Å². The number of hydrogen-bond acceptors (Lipinski definition) is 5. The highest BCUT2D eigenvalue weighted by atomic mass is 32.2. The van der Waals surface area contributed by atoms with E-state index in [1.807, 2.05) is 0 Å². The molecule has 1 saturated heterocycles. The van der Waals surface area contributed by atoms with Crippen LogP contribution in [-0.4, -0.2) is 41.8 Å². The maximum Gasteiger partial charge on any atom is 0.270 e. The monoisotopic (exact) mass is 477 g/mol. The smallest absolute Gasteiger partial charge is 0.270 e. The average Bonchev–Trinajstić information content (AvgIpc) is 3.06. The predicted octanol–water partition coefficient (Wildman–Crippen LogP) is 3.36. The van der Waals surface area contributed by atoms with Gasteiger partial charge in [-0.25, -0.2) is 22.2 Å². The van der Waals surface area contributed by atoms with Gasteiger partial charge < -0.3 is 10.1 Å². The number of carbonyl (C=O) groups excluding carboxylic acids is 1. The molecule has 1 aliphatic heterocycles. The Balaban J connectivity index is 1.57. The minimum Gasteiger partial charge on any atom is -0.485 e. The van der Waals surface area contributed by atoms with Crippen LogP contribution in [0.25, 0.3) is 5.65 Å². The van der Waals surface area contributed by atoms with Crippen molar-refractivity contribution >= 4 is 21.4 Å². The van der Waals surface area contributed by atoms with Crippen molar-refractivity contribution in [1.82, 2.24) is 14.7 Å². The Hall–Kier alpha value is -3.01. The lowest BCUT2D eigenvalue weighted by Crippen LogP contribution is -2.36. The number of aryl methyl sites for hydroxylation is 2.